The fourth-order valence-corrected chi connectivity index (χ4v) is 3.57. The second-order valence-corrected chi connectivity index (χ2v) is 6.49. The van der Waals surface area contributed by atoms with Crippen molar-refractivity contribution < 1.29 is 0 Å². The highest BCUT2D eigenvalue weighted by atomic mass is 35.5. The molecule has 1 nitrogen and oxygen atoms in total. The monoisotopic (exact) mass is 279 g/mol. The fourth-order valence-electron chi connectivity index (χ4n) is 2.38. The van der Waals surface area contributed by atoms with E-state index in [4.69, 9.17) is 11.6 Å². The zero-order chi connectivity index (χ0) is 13.3. The lowest BCUT2D eigenvalue weighted by atomic mass is 9.95. The number of benzene rings is 1. The zero-order valence-electron chi connectivity index (χ0n) is 11.2. The van der Waals surface area contributed by atoms with Crippen molar-refractivity contribution in [3.05, 3.63) is 55.7 Å². The van der Waals surface area contributed by atoms with Crippen molar-refractivity contribution in [2.45, 2.75) is 26.8 Å². The van der Waals surface area contributed by atoms with E-state index in [1.54, 1.807) is 0 Å². The second kappa shape index (κ2) is 5.43. The third-order valence-electron chi connectivity index (χ3n) is 3.22. The van der Waals surface area contributed by atoms with Gasteiger partial charge in [-0.1, -0.05) is 17.7 Å². The van der Waals surface area contributed by atoms with Gasteiger partial charge in [0.25, 0.3) is 0 Å². The van der Waals surface area contributed by atoms with Gasteiger partial charge in [0.1, 0.15) is 0 Å². The number of hydrogen-bond acceptors (Lipinski definition) is 2. The molecule has 0 aliphatic heterocycles. The second-order valence-electron chi connectivity index (χ2n) is 4.59. The molecule has 0 saturated heterocycles. The molecular formula is C15H18ClNS. The molecule has 1 N–H and O–H groups in total. The maximum atomic E-state index is 6.03. The summed E-state index contributed by atoms with van der Waals surface area (Å²) < 4.78 is 0. The molecule has 0 radical (unpaired) electrons. The molecule has 0 aliphatic carbocycles. The fraction of sp³-hybridized carbons (Fsp3) is 0.333. The summed E-state index contributed by atoms with van der Waals surface area (Å²) in [4.78, 5) is 2.73. The van der Waals surface area contributed by atoms with Crippen LogP contribution in [0.5, 0.6) is 0 Å². The van der Waals surface area contributed by atoms with Crippen molar-refractivity contribution in [1.82, 2.24) is 5.32 Å². The minimum Gasteiger partial charge on any atom is -0.309 e. The predicted octanol–water partition coefficient (Wildman–Crippen LogP) is 4.64. The van der Waals surface area contributed by atoms with Gasteiger partial charge in [-0.3, -0.25) is 0 Å². The summed E-state index contributed by atoms with van der Waals surface area (Å²) in [5, 5.41) is 4.21. The van der Waals surface area contributed by atoms with Crippen LogP contribution in [0.3, 0.4) is 0 Å². The SMILES string of the molecule is CNC(c1ccc(Cl)cc1C)c1cc(C)sc1C. The van der Waals surface area contributed by atoms with E-state index in [2.05, 4.69) is 38.2 Å². The Morgan fingerprint density at radius 1 is 1.11 bits per heavy atom. The van der Waals surface area contributed by atoms with Gasteiger partial charge in [-0.05, 0) is 62.7 Å². The minimum atomic E-state index is 0.243. The van der Waals surface area contributed by atoms with E-state index in [1.807, 2.05) is 30.5 Å². The predicted molar refractivity (Wildman–Crippen MR) is 80.9 cm³/mol. The van der Waals surface area contributed by atoms with Crippen molar-refractivity contribution in [2.24, 2.45) is 0 Å². The van der Waals surface area contributed by atoms with Crippen molar-refractivity contribution in [2.75, 3.05) is 7.05 Å². The van der Waals surface area contributed by atoms with Gasteiger partial charge in [-0.15, -0.1) is 11.3 Å². The average molecular weight is 280 g/mol. The first-order valence-corrected chi connectivity index (χ1v) is 7.22. The Morgan fingerprint density at radius 3 is 2.33 bits per heavy atom. The lowest BCUT2D eigenvalue weighted by Gasteiger charge is -2.19. The zero-order valence-corrected chi connectivity index (χ0v) is 12.7. The third kappa shape index (κ3) is 2.61. The Morgan fingerprint density at radius 2 is 1.83 bits per heavy atom. The molecule has 1 unspecified atom stereocenters. The van der Waals surface area contributed by atoms with Crippen LogP contribution in [0.15, 0.2) is 24.3 Å². The average Bonchev–Trinajstić information content (AvgIpc) is 2.62. The lowest BCUT2D eigenvalue weighted by Crippen LogP contribution is -2.18. The van der Waals surface area contributed by atoms with E-state index in [0.717, 1.165) is 5.02 Å². The minimum absolute atomic E-state index is 0.243. The molecule has 0 aliphatic rings. The molecule has 1 aromatic carbocycles. The molecule has 0 spiro atoms. The van der Waals surface area contributed by atoms with Crippen LogP contribution < -0.4 is 5.32 Å². The highest BCUT2D eigenvalue weighted by Crippen LogP contribution is 2.32. The van der Waals surface area contributed by atoms with Crippen molar-refractivity contribution in [3.8, 4) is 0 Å². The topological polar surface area (TPSA) is 12.0 Å². The van der Waals surface area contributed by atoms with E-state index in [0.29, 0.717) is 0 Å². The number of rotatable bonds is 3. The molecule has 2 aromatic rings. The molecule has 96 valence electrons. The summed E-state index contributed by atoms with van der Waals surface area (Å²) in [7, 11) is 2.01. The molecule has 0 saturated carbocycles. The van der Waals surface area contributed by atoms with Gasteiger partial charge >= 0.3 is 0 Å². The Hall–Kier alpha value is -0.830. The van der Waals surface area contributed by atoms with E-state index >= 15 is 0 Å². The number of aryl methyl sites for hydroxylation is 3. The Balaban J connectivity index is 2.48. The standard InChI is InChI=1S/C15H18ClNS/c1-9-7-12(16)5-6-13(9)15(17-4)14-8-10(2)18-11(14)3/h5-8,15,17H,1-4H3. The summed E-state index contributed by atoms with van der Waals surface area (Å²) in [5.74, 6) is 0. The van der Waals surface area contributed by atoms with Crippen molar-refractivity contribution in [1.29, 1.82) is 0 Å². The van der Waals surface area contributed by atoms with Crippen LogP contribution in [0.4, 0.5) is 0 Å². The van der Waals surface area contributed by atoms with Gasteiger partial charge in [-0.25, -0.2) is 0 Å². The van der Waals surface area contributed by atoms with Crippen LogP contribution in [0.1, 0.15) is 32.5 Å². The largest absolute Gasteiger partial charge is 0.309 e. The van der Waals surface area contributed by atoms with E-state index < -0.39 is 0 Å². The molecule has 2 rings (SSSR count). The van der Waals surface area contributed by atoms with Gasteiger partial charge in [0.2, 0.25) is 0 Å². The van der Waals surface area contributed by atoms with E-state index in [9.17, 15) is 0 Å². The molecule has 3 heteroatoms. The first-order valence-electron chi connectivity index (χ1n) is 6.03. The quantitative estimate of drug-likeness (QED) is 0.863. The smallest absolute Gasteiger partial charge is 0.0587 e. The number of hydrogen-bond donors (Lipinski definition) is 1. The normalized spacial score (nSPS) is 12.7. The maximum absolute atomic E-state index is 6.03. The van der Waals surface area contributed by atoms with Gasteiger partial charge in [0.05, 0.1) is 6.04 Å². The summed E-state index contributed by atoms with van der Waals surface area (Å²) in [6.07, 6.45) is 0. The molecule has 1 aromatic heterocycles. The maximum Gasteiger partial charge on any atom is 0.0587 e. The summed E-state index contributed by atoms with van der Waals surface area (Å²) in [5.41, 5.74) is 3.89. The molecule has 1 heterocycles. The highest BCUT2D eigenvalue weighted by molar-refractivity contribution is 7.12. The van der Waals surface area contributed by atoms with Gasteiger partial charge in [-0.2, -0.15) is 0 Å². The first-order chi connectivity index (χ1) is 8.52. The molecule has 0 fully saturated rings. The molecule has 0 amide bonds. The van der Waals surface area contributed by atoms with Gasteiger partial charge in [0.15, 0.2) is 0 Å². The van der Waals surface area contributed by atoms with E-state index in [1.165, 1.54) is 26.4 Å². The van der Waals surface area contributed by atoms with Crippen LogP contribution in [-0.2, 0) is 0 Å². The molecule has 0 bridgehead atoms. The van der Waals surface area contributed by atoms with E-state index in [-0.39, 0.29) is 6.04 Å². The Labute approximate surface area is 118 Å². The van der Waals surface area contributed by atoms with Crippen LogP contribution in [-0.4, -0.2) is 7.05 Å². The number of halogens is 1. The van der Waals surface area contributed by atoms with Crippen LogP contribution >= 0.6 is 22.9 Å². The molecule has 18 heavy (non-hydrogen) atoms. The Bertz CT molecular complexity index is 560. The number of nitrogens with one attached hydrogen (secondary N) is 1. The lowest BCUT2D eigenvalue weighted by molar-refractivity contribution is 0.686. The van der Waals surface area contributed by atoms with Crippen LogP contribution in [0, 0.1) is 20.8 Å². The highest BCUT2D eigenvalue weighted by Gasteiger charge is 2.18. The van der Waals surface area contributed by atoms with Gasteiger partial charge < -0.3 is 5.32 Å². The van der Waals surface area contributed by atoms with Crippen LogP contribution in [0.2, 0.25) is 5.02 Å². The number of thiophene rings is 1. The van der Waals surface area contributed by atoms with Gasteiger partial charge in [0, 0.05) is 14.8 Å². The molecule has 1 atom stereocenters. The third-order valence-corrected chi connectivity index (χ3v) is 4.44. The summed E-state index contributed by atoms with van der Waals surface area (Å²) in [6.45, 7) is 6.45. The van der Waals surface area contributed by atoms with Crippen molar-refractivity contribution >= 4 is 22.9 Å². The summed E-state index contributed by atoms with van der Waals surface area (Å²) >= 11 is 7.88. The Kier molecular flexibility index (Phi) is 4.10. The summed E-state index contributed by atoms with van der Waals surface area (Å²) in [6, 6.07) is 8.62. The van der Waals surface area contributed by atoms with Crippen LogP contribution in [0.25, 0.3) is 0 Å². The van der Waals surface area contributed by atoms with Crippen molar-refractivity contribution in [3.63, 3.8) is 0 Å². The molecular weight excluding hydrogens is 262 g/mol. The first kappa shape index (κ1) is 13.6.